The van der Waals surface area contributed by atoms with Crippen molar-refractivity contribution in [3.05, 3.63) is 46.0 Å². The second-order valence-electron chi connectivity index (χ2n) is 15.0. The van der Waals surface area contributed by atoms with Gasteiger partial charge in [-0.2, -0.15) is 5.26 Å². The number of nitrogens with zero attached hydrogens (tertiary/aromatic N) is 3. The maximum Gasteiger partial charge on any atom is 0.407 e. The molecule has 1 heterocycles. The van der Waals surface area contributed by atoms with E-state index in [2.05, 4.69) is 21.2 Å². The number of nitrogens with one attached hydrogen (secondary N) is 1. The van der Waals surface area contributed by atoms with Crippen LogP contribution in [-0.2, 0) is 14.2 Å². The van der Waals surface area contributed by atoms with Crippen LogP contribution in [0.1, 0.15) is 93.0 Å². The van der Waals surface area contributed by atoms with Gasteiger partial charge in [-0.25, -0.2) is 14.4 Å². The molecule has 1 aliphatic heterocycles. The summed E-state index contributed by atoms with van der Waals surface area (Å²) in [5.74, 6) is 0.270. The number of hydrogen-bond donors (Lipinski definition) is 1. The van der Waals surface area contributed by atoms with Crippen LogP contribution < -0.4 is 24.3 Å². The summed E-state index contributed by atoms with van der Waals surface area (Å²) in [5.41, 5.74) is 0.0267. The molecule has 1 saturated heterocycles. The maximum absolute atomic E-state index is 13.6. The number of ether oxygens (including phenoxy) is 7. The number of hydrogen-bond acceptors (Lipinski definition) is 13. The Hall–Kier alpha value is -4.45. The molecule has 1 atom stereocenters. The van der Waals surface area contributed by atoms with E-state index in [4.69, 9.17) is 44.8 Å². The number of rotatable bonds is 20. The zero-order chi connectivity index (χ0) is 41.3. The molecule has 2 aromatic rings. The summed E-state index contributed by atoms with van der Waals surface area (Å²) in [7, 11) is 4.45. The van der Waals surface area contributed by atoms with E-state index >= 15 is 0 Å². The molecule has 1 amide bonds. The van der Waals surface area contributed by atoms with Crippen LogP contribution in [0.3, 0.4) is 0 Å². The number of methoxy groups -OCH3 is 3. The van der Waals surface area contributed by atoms with Crippen LogP contribution in [0.2, 0.25) is 5.02 Å². The lowest BCUT2D eigenvalue weighted by atomic mass is 10.1. The fraction of sp³-hybridized carbons (Fsp3) is 0.610. The molecule has 1 fully saturated rings. The largest absolute Gasteiger partial charge is 0.493 e. The average Bonchev–Trinajstić information content (AvgIpc) is 3.39. The molecule has 0 bridgehead atoms. The molecule has 1 aliphatic rings. The minimum Gasteiger partial charge on any atom is -0.493 e. The Morgan fingerprint density at radius 1 is 0.857 bits per heavy atom. The van der Waals surface area contributed by atoms with Gasteiger partial charge in [-0.3, -0.25) is 0 Å². The number of alkyl carbamates (subject to hydrolysis) is 1. The Kier molecular flexibility index (Phi) is 18.8. The number of carbonyl (C=O) groups is 3. The average molecular weight is 803 g/mol. The fourth-order valence-corrected chi connectivity index (χ4v) is 6.28. The number of halogens is 1. The predicted molar refractivity (Wildman–Crippen MR) is 212 cm³/mol. The third-order valence-electron chi connectivity index (χ3n) is 8.82. The first-order valence-electron chi connectivity index (χ1n) is 19.1. The lowest BCUT2D eigenvalue weighted by Crippen LogP contribution is -2.36. The molecule has 15 heteroatoms. The molecule has 2 aromatic carbocycles. The van der Waals surface area contributed by atoms with Crippen LogP contribution in [0.25, 0.3) is 0 Å². The number of benzene rings is 2. The van der Waals surface area contributed by atoms with Crippen molar-refractivity contribution >= 4 is 29.6 Å². The van der Waals surface area contributed by atoms with Crippen molar-refractivity contribution in [2.75, 3.05) is 80.4 Å². The standard InChI is InChI=1S/C41H59ClN4O10/c1-28(2)27-54-38(47)29-22-33(42)32(26-43)34(23-29)53-21-9-12-31(55-39(48)30-24-35(50-6)37(52-8)36(25-30)51-7)13-18-46-17-11-16-45(19-20-46)15-10-14-44-40(49)56-41(3,4)5/h22-25,28,31H,9-21,27H2,1-8H3,(H,44,49). The van der Waals surface area contributed by atoms with Gasteiger partial charge in [-0.05, 0) is 103 Å². The monoisotopic (exact) mass is 802 g/mol. The summed E-state index contributed by atoms with van der Waals surface area (Å²) in [4.78, 5) is 43.0. The minimum atomic E-state index is -0.555. The van der Waals surface area contributed by atoms with Gasteiger partial charge in [0.15, 0.2) is 11.5 Å². The van der Waals surface area contributed by atoms with Gasteiger partial charge in [0.1, 0.15) is 29.1 Å². The number of amides is 1. The zero-order valence-corrected chi connectivity index (χ0v) is 34.9. The second-order valence-corrected chi connectivity index (χ2v) is 15.4. The van der Waals surface area contributed by atoms with E-state index in [1.54, 1.807) is 12.1 Å². The van der Waals surface area contributed by atoms with Gasteiger partial charge >= 0.3 is 18.0 Å². The van der Waals surface area contributed by atoms with Gasteiger partial charge in [0, 0.05) is 26.2 Å². The number of esters is 2. The molecule has 0 aromatic heterocycles. The smallest absolute Gasteiger partial charge is 0.407 e. The molecule has 310 valence electrons. The van der Waals surface area contributed by atoms with E-state index in [-0.39, 0.29) is 46.6 Å². The first-order valence-corrected chi connectivity index (χ1v) is 19.5. The van der Waals surface area contributed by atoms with Gasteiger partial charge in [-0.1, -0.05) is 25.4 Å². The van der Waals surface area contributed by atoms with Crippen LogP contribution >= 0.6 is 11.6 Å². The predicted octanol–water partition coefficient (Wildman–Crippen LogP) is 6.75. The molecular formula is C41H59ClN4O10. The number of carbonyl (C=O) groups excluding carboxylic acids is 3. The zero-order valence-electron chi connectivity index (χ0n) is 34.2. The first-order chi connectivity index (χ1) is 26.7. The van der Waals surface area contributed by atoms with E-state index in [0.29, 0.717) is 49.6 Å². The third-order valence-corrected chi connectivity index (χ3v) is 9.12. The highest BCUT2D eigenvalue weighted by Crippen LogP contribution is 2.38. The third kappa shape index (κ3) is 15.2. The van der Waals surface area contributed by atoms with Crippen LogP contribution in [0, 0.1) is 17.2 Å². The highest BCUT2D eigenvalue weighted by atomic mass is 35.5. The van der Waals surface area contributed by atoms with Gasteiger partial charge in [-0.15, -0.1) is 0 Å². The Bertz CT molecular complexity index is 1620. The summed E-state index contributed by atoms with van der Waals surface area (Å²) in [6.45, 7) is 15.5. The summed E-state index contributed by atoms with van der Waals surface area (Å²) in [6, 6.07) is 8.04. The lowest BCUT2D eigenvalue weighted by molar-refractivity contribution is 0.0221. The van der Waals surface area contributed by atoms with Crippen LogP contribution in [-0.4, -0.2) is 120 Å². The molecule has 0 radical (unpaired) electrons. The SMILES string of the molecule is COc1cc(C(=O)OC(CCCOc2cc(C(=O)OCC(C)C)cc(Cl)c2C#N)CCN2CCCN(CCCNC(=O)OC(C)(C)C)CC2)cc(OC)c1OC. The van der Waals surface area contributed by atoms with E-state index in [0.717, 1.165) is 45.6 Å². The topological polar surface area (TPSA) is 158 Å². The molecular weight excluding hydrogens is 744 g/mol. The van der Waals surface area contributed by atoms with Crippen molar-refractivity contribution in [2.24, 2.45) is 5.92 Å². The molecule has 14 nitrogen and oxygen atoms in total. The Balaban J connectivity index is 1.66. The number of nitriles is 1. The first kappa shape index (κ1) is 45.9. The van der Waals surface area contributed by atoms with Crippen molar-refractivity contribution in [1.82, 2.24) is 15.1 Å². The summed E-state index contributed by atoms with van der Waals surface area (Å²) in [6.07, 6.45) is 2.43. The molecule has 1 N–H and O–H groups in total. The molecule has 1 unspecified atom stereocenters. The highest BCUT2D eigenvalue weighted by molar-refractivity contribution is 6.32. The molecule has 0 aliphatic carbocycles. The van der Waals surface area contributed by atoms with E-state index < -0.39 is 29.7 Å². The van der Waals surface area contributed by atoms with E-state index in [1.807, 2.05) is 34.6 Å². The van der Waals surface area contributed by atoms with Crippen molar-refractivity contribution in [2.45, 2.75) is 78.4 Å². The highest BCUT2D eigenvalue weighted by Gasteiger charge is 2.24. The molecule has 56 heavy (non-hydrogen) atoms. The van der Waals surface area contributed by atoms with Gasteiger partial charge in [0.2, 0.25) is 5.75 Å². The molecule has 0 saturated carbocycles. The second kappa shape index (κ2) is 22.9. The Morgan fingerprint density at radius 3 is 2.07 bits per heavy atom. The Labute approximate surface area is 336 Å². The van der Waals surface area contributed by atoms with Crippen molar-refractivity contribution in [3.8, 4) is 29.1 Å². The van der Waals surface area contributed by atoms with Crippen LogP contribution in [0.15, 0.2) is 24.3 Å². The molecule has 3 rings (SSSR count). The summed E-state index contributed by atoms with van der Waals surface area (Å²) >= 11 is 6.36. The quantitative estimate of drug-likeness (QED) is 0.0853. The van der Waals surface area contributed by atoms with Crippen molar-refractivity contribution in [1.29, 1.82) is 5.26 Å². The van der Waals surface area contributed by atoms with Gasteiger partial charge < -0.3 is 48.3 Å². The molecule has 0 spiro atoms. The summed E-state index contributed by atoms with van der Waals surface area (Å²) in [5, 5.41) is 12.7. The summed E-state index contributed by atoms with van der Waals surface area (Å²) < 4.78 is 39.1. The van der Waals surface area contributed by atoms with Gasteiger partial charge in [0.05, 0.1) is 50.7 Å². The Morgan fingerprint density at radius 2 is 1.48 bits per heavy atom. The lowest BCUT2D eigenvalue weighted by Gasteiger charge is -2.25. The van der Waals surface area contributed by atoms with Crippen LogP contribution in [0.4, 0.5) is 4.79 Å². The minimum absolute atomic E-state index is 0.0899. The van der Waals surface area contributed by atoms with E-state index in [9.17, 15) is 19.6 Å². The van der Waals surface area contributed by atoms with Crippen molar-refractivity contribution < 1.29 is 47.5 Å². The van der Waals surface area contributed by atoms with Crippen molar-refractivity contribution in [3.63, 3.8) is 0 Å². The normalized spacial score (nSPS) is 14.2. The van der Waals surface area contributed by atoms with Crippen LogP contribution in [0.5, 0.6) is 23.0 Å². The fourth-order valence-electron chi connectivity index (χ4n) is 6.03. The van der Waals surface area contributed by atoms with Gasteiger partial charge in [0.25, 0.3) is 0 Å². The maximum atomic E-state index is 13.6. The van der Waals surface area contributed by atoms with E-state index in [1.165, 1.54) is 33.5 Å².